The summed E-state index contributed by atoms with van der Waals surface area (Å²) in [5, 5.41) is 17.1. The van der Waals surface area contributed by atoms with E-state index < -0.39 is 5.60 Å². The Labute approximate surface area is 161 Å². The third-order valence-electron chi connectivity index (χ3n) is 5.11. The van der Waals surface area contributed by atoms with Gasteiger partial charge in [0, 0.05) is 24.6 Å². The van der Waals surface area contributed by atoms with E-state index in [1.54, 1.807) is 35.4 Å². The Morgan fingerprint density at radius 3 is 2.71 bits per heavy atom. The molecule has 2 N–H and O–H groups in total. The number of aromatic amines is 1. The lowest BCUT2D eigenvalue weighted by Crippen LogP contribution is -2.59. The zero-order chi connectivity index (χ0) is 19.9. The second-order valence-corrected chi connectivity index (χ2v) is 7.38. The number of amides is 1. The molecule has 1 aliphatic rings. The Hall–Kier alpha value is -3.42. The highest BCUT2D eigenvalue weighted by Gasteiger charge is 2.42. The minimum absolute atomic E-state index is 0.0686. The average Bonchev–Trinajstić information content (AvgIpc) is 3.09. The van der Waals surface area contributed by atoms with Crippen molar-refractivity contribution in [2.24, 2.45) is 5.92 Å². The normalized spacial score (nSPS) is 14.7. The number of likely N-dealkylation sites (tertiary alicyclic amines) is 1. The number of fused-ring (bicyclic) bond motifs is 1. The molecule has 144 valence electrons. The number of nitrogens with one attached hydrogen (secondary N) is 1. The lowest BCUT2D eigenvalue weighted by Gasteiger charge is -2.46. The molecule has 1 aliphatic heterocycles. The first-order valence-corrected chi connectivity index (χ1v) is 8.98. The highest BCUT2D eigenvalue weighted by Crippen LogP contribution is 2.34. The van der Waals surface area contributed by atoms with E-state index in [4.69, 9.17) is 4.74 Å². The number of nitrogens with zero attached hydrogens (tertiary/aromatic N) is 4. The van der Waals surface area contributed by atoms with Gasteiger partial charge in [0.25, 0.3) is 0 Å². The number of hydrogen-bond acceptors (Lipinski definition) is 6. The Morgan fingerprint density at radius 1 is 1.32 bits per heavy atom. The smallest absolute Gasteiger partial charge is 0.245 e. The van der Waals surface area contributed by atoms with Gasteiger partial charge >= 0.3 is 0 Å². The first kappa shape index (κ1) is 18.0. The number of hydrogen-bond donors (Lipinski definition) is 2. The lowest BCUT2D eigenvalue weighted by atomic mass is 9.84. The van der Waals surface area contributed by atoms with Crippen molar-refractivity contribution in [3.05, 3.63) is 43.1 Å². The van der Waals surface area contributed by atoms with Crippen LogP contribution in [-0.4, -0.2) is 54.8 Å². The standard InChI is InChI=1S/C20H21N5O3/c1-4-16(27)25-10-13(11-25)20(2,3)28-19-15-9-21-24-18(15)22-17(23-19)12-5-7-14(26)8-6-12/h4-9,13,26H,1,10-11H2,2-3H3,(H,21,22,23,24). The van der Waals surface area contributed by atoms with Gasteiger partial charge in [-0.05, 0) is 44.2 Å². The molecule has 28 heavy (non-hydrogen) atoms. The van der Waals surface area contributed by atoms with E-state index in [1.165, 1.54) is 6.08 Å². The van der Waals surface area contributed by atoms with Crippen molar-refractivity contribution in [3.63, 3.8) is 0 Å². The van der Waals surface area contributed by atoms with Gasteiger partial charge in [0.05, 0.1) is 6.20 Å². The van der Waals surface area contributed by atoms with E-state index in [1.807, 2.05) is 13.8 Å². The summed E-state index contributed by atoms with van der Waals surface area (Å²) in [6.45, 7) is 8.73. The summed E-state index contributed by atoms with van der Waals surface area (Å²) in [7, 11) is 0. The number of phenols is 1. The van der Waals surface area contributed by atoms with Gasteiger partial charge in [-0.25, -0.2) is 4.98 Å². The summed E-state index contributed by atoms with van der Waals surface area (Å²) in [6, 6.07) is 6.65. The largest absolute Gasteiger partial charge is 0.508 e. The third-order valence-corrected chi connectivity index (χ3v) is 5.11. The van der Waals surface area contributed by atoms with E-state index in [9.17, 15) is 9.90 Å². The zero-order valence-electron chi connectivity index (χ0n) is 15.7. The number of carbonyl (C=O) groups is 1. The van der Waals surface area contributed by atoms with E-state index >= 15 is 0 Å². The maximum Gasteiger partial charge on any atom is 0.245 e. The highest BCUT2D eigenvalue weighted by atomic mass is 16.5. The molecule has 0 spiro atoms. The van der Waals surface area contributed by atoms with Crippen LogP contribution in [0.1, 0.15) is 13.8 Å². The topological polar surface area (TPSA) is 104 Å². The molecule has 0 aliphatic carbocycles. The van der Waals surface area contributed by atoms with Gasteiger partial charge in [-0.2, -0.15) is 10.1 Å². The second-order valence-electron chi connectivity index (χ2n) is 7.38. The van der Waals surface area contributed by atoms with Crippen LogP contribution in [0.2, 0.25) is 0 Å². The fourth-order valence-corrected chi connectivity index (χ4v) is 3.19. The summed E-state index contributed by atoms with van der Waals surface area (Å²) in [5.74, 6) is 1.18. The number of phenolic OH excluding ortho intramolecular Hbond substituents is 1. The molecule has 0 unspecified atom stereocenters. The van der Waals surface area contributed by atoms with Gasteiger partial charge in [-0.3, -0.25) is 9.89 Å². The summed E-state index contributed by atoms with van der Waals surface area (Å²) < 4.78 is 6.30. The monoisotopic (exact) mass is 379 g/mol. The molecule has 2 aromatic heterocycles. The van der Waals surface area contributed by atoms with Gasteiger partial charge in [0.15, 0.2) is 11.5 Å². The van der Waals surface area contributed by atoms with Gasteiger partial charge in [0.1, 0.15) is 16.7 Å². The second kappa shape index (κ2) is 6.63. The third kappa shape index (κ3) is 3.17. The number of benzene rings is 1. The number of aromatic hydroxyl groups is 1. The van der Waals surface area contributed by atoms with Crippen LogP contribution in [0.15, 0.2) is 43.1 Å². The van der Waals surface area contributed by atoms with Crippen molar-refractivity contribution in [2.75, 3.05) is 13.1 Å². The van der Waals surface area contributed by atoms with Crippen molar-refractivity contribution in [2.45, 2.75) is 19.4 Å². The molecule has 8 heteroatoms. The van der Waals surface area contributed by atoms with Crippen LogP contribution in [-0.2, 0) is 4.79 Å². The predicted octanol–water partition coefficient (Wildman–Crippen LogP) is 2.53. The molecular formula is C20H21N5O3. The van der Waals surface area contributed by atoms with Crippen molar-refractivity contribution < 1.29 is 14.6 Å². The van der Waals surface area contributed by atoms with Crippen molar-refractivity contribution in [1.29, 1.82) is 0 Å². The molecule has 1 amide bonds. The molecule has 4 rings (SSSR count). The van der Waals surface area contributed by atoms with Crippen LogP contribution < -0.4 is 4.74 Å². The summed E-state index contributed by atoms with van der Waals surface area (Å²) in [5.41, 5.74) is 0.784. The summed E-state index contributed by atoms with van der Waals surface area (Å²) in [4.78, 5) is 22.5. The molecule has 0 bridgehead atoms. The van der Waals surface area contributed by atoms with Gasteiger partial charge in [-0.15, -0.1) is 0 Å². The Kier molecular flexibility index (Phi) is 4.26. The minimum atomic E-state index is -0.539. The SMILES string of the molecule is C=CC(=O)N1CC(C(C)(C)Oc2nc(-c3ccc(O)cc3)nc3[nH]ncc23)C1. The van der Waals surface area contributed by atoms with Crippen LogP contribution >= 0.6 is 0 Å². The van der Waals surface area contributed by atoms with Gasteiger partial charge in [-0.1, -0.05) is 6.58 Å². The first-order chi connectivity index (χ1) is 13.4. The van der Waals surface area contributed by atoms with Crippen LogP contribution in [0.5, 0.6) is 11.6 Å². The zero-order valence-corrected chi connectivity index (χ0v) is 15.7. The Bertz CT molecular complexity index is 1040. The van der Waals surface area contributed by atoms with E-state index in [0.29, 0.717) is 35.8 Å². The van der Waals surface area contributed by atoms with Crippen molar-refractivity contribution in [1.82, 2.24) is 25.1 Å². The molecule has 1 fully saturated rings. The molecule has 3 aromatic rings. The molecule has 0 saturated carbocycles. The Morgan fingerprint density at radius 2 is 2.04 bits per heavy atom. The fourth-order valence-electron chi connectivity index (χ4n) is 3.19. The number of ether oxygens (including phenoxy) is 1. The summed E-state index contributed by atoms with van der Waals surface area (Å²) in [6.07, 6.45) is 2.96. The van der Waals surface area contributed by atoms with Crippen LogP contribution in [0.25, 0.3) is 22.4 Å². The van der Waals surface area contributed by atoms with Crippen molar-refractivity contribution >= 4 is 16.9 Å². The molecule has 0 atom stereocenters. The average molecular weight is 379 g/mol. The summed E-state index contributed by atoms with van der Waals surface area (Å²) >= 11 is 0. The number of rotatable bonds is 5. The minimum Gasteiger partial charge on any atom is -0.508 e. The van der Waals surface area contributed by atoms with Gasteiger partial charge in [0.2, 0.25) is 11.8 Å². The Balaban J connectivity index is 1.63. The maximum absolute atomic E-state index is 11.7. The highest BCUT2D eigenvalue weighted by molar-refractivity contribution is 5.87. The number of aromatic nitrogens is 4. The van der Waals surface area contributed by atoms with Crippen LogP contribution in [0.4, 0.5) is 0 Å². The number of H-pyrrole nitrogens is 1. The predicted molar refractivity (Wildman–Crippen MR) is 104 cm³/mol. The fraction of sp³-hybridized carbons (Fsp3) is 0.300. The lowest BCUT2D eigenvalue weighted by molar-refractivity contribution is -0.137. The van der Waals surface area contributed by atoms with Crippen molar-refractivity contribution in [3.8, 4) is 23.0 Å². The van der Waals surface area contributed by atoms with Gasteiger partial charge < -0.3 is 14.7 Å². The van der Waals surface area contributed by atoms with E-state index in [-0.39, 0.29) is 17.6 Å². The van der Waals surface area contributed by atoms with Crippen LogP contribution in [0, 0.1) is 5.92 Å². The molecule has 8 nitrogen and oxygen atoms in total. The van der Waals surface area contributed by atoms with E-state index in [2.05, 4.69) is 26.7 Å². The van der Waals surface area contributed by atoms with Crippen LogP contribution in [0.3, 0.4) is 0 Å². The molecule has 3 heterocycles. The quantitative estimate of drug-likeness (QED) is 0.660. The molecule has 1 saturated heterocycles. The maximum atomic E-state index is 11.7. The molecular weight excluding hydrogens is 358 g/mol. The number of carbonyl (C=O) groups excluding carboxylic acids is 1. The molecule has 1 aromatic carbocycles. The first-order valence-electron chi connectivity index (χ1n) is 8.98. The molecule has 0 radical (unpaired) electrons. The van der Waals surface area contributed by atoms with E-state index in [0.717, 1.165) is 5.56 Å².